The summed E-state index contributed by atoms with van der Waals surface area (Å²) in [7, 11) is 0. The van der Waals surface area contributed by atoms with Gasteiger partial charge in [0.2, 0.25) is 0 Å². The maximum Gasteiger partial charge on any atom is 0.329 e. The highest BCUT2D eigenvalue weighted by Gasteiger charge is 1.95. The predicted octanol–water partition coefficient (Wildman–Crippen LogP) is -1.58. The number of carbonyl (C=O) groups is 1. The molecule has 0 unspecified atom stereocenters. The van der Waals surface area contributed by atoms with Crippen LogP contribution in [0, 0.1) is 24.7 Å². The first-order chi connectivity index (χ1) is 18.1. The highest BCUT2D eigenvalue weighted by atomic mass is 16.6. The molecule has 0 aromatic heterocycles. The molecule has 0 amide bonds. The molecule has 0 aliphatic heterocycles. The van der Waals surface area contributed by atoms with Gasteiger partial charge in [0.25, 0.3) is 0 Å². The van der Waals surface area contributed by atoms with Gasteiger partial charge in [0.15, 0.2) is 0 Å². The minimum atomic E-state index is -0.984. The van der Waals surface area contributed by atoms with Crippen LogP contribution in [0.4, 0.5) is 0 Å². The van der Waals surface area contributed by atoms with E-state index < -0.39 is 5.97 Å². The Morgan fingerprint density at radius 3 is 1.03 bits per heavy atom. The highest BCUT2D eigenvalue weighted by Crippen LogP contribution is 1.81. The quantitative estimate of drug-likeness (QED) is 0.0773. The van der Waals surface area contributed by atoms with Crippen molar-refractivity contribution in [1.29, 1.82) is 0 Å². The van der Waals surface area contributed by atoms with Crippen LogP contribution in [0.2, 0.25) is 0 Å². The molecule has 13 heteroatoms. The normalized spacial score (nSPS) is 9.86. The van der Waals surface area contributed by atoms with E-state index >= 15 is 0 Å². The van der Waals surface area contributed by atoms with Crippen molar-refractivity contribution in [3.8, 4) is 24.7 Å². The summed E-state index contributed by atoms with van der Waals surface area (Å²) in [5.74, 6) is 3.70. The van der Waals surface area contributed by atoms with Crippen LogP contribution in [-0.2, 0) is 42.7 Å². The second-order valence-corrected chi connectivity index (χ2v) is 6.19. The first-order valence-electron chi connectivity index (χ1n) is 11.6. The first kappa shape index (κ1) is 39.7. The molecule has 37 heavy (non-hydrogen) atoms. The monoisotopic (exact) mass is 540 g/mol. The Kier molecular flexibility index (Phi) is 44.3. The molecular formula is C24H44O13. The van der Waals surface area contributed by atoms with Gasteiger partial charge in [0, 0.05) is 0 Å². The lowest BCUT2D eigenvalue weighted by atomic mass is 10.7. The van der Waals surface area contributed by atoms with E-state index in [0.29, 0.717) is 85.9 Å². The van der Waals surface area contributed by atoms with Gasteiger partial charge >= 0.3 is 5.97 Å². The van der Waals surface area contributed by atoms with Crippen LogP contribution in [0.5, 0.6) is 0 Å². The fraction of sp³-hybridized carbons (Fsp3) is 0.792. The third kappa shape index (κ3) is 51.6. The molecule has 0 aliphatic rings. The number of hydrogen-bond donors (Lipinski definition) is 4. The van der Waals surface area contributed by atoms with Crippen molar-refractivity contribution >= 4 is 5.97 Å². The van der Waals surface area contributed by atoms with Crippen molar-refractivity contribution in [2.75, 3.05) is 126 Å². The Morgan fingerprint density at radius 2 is 0.757 bits per heavy atom. The molecule has 0 saturated carbocycles. The van der Waals surface area contributed by atoms with Crippen LogP contribution in [0.25, 0.3) is 0 Å². The average Bonchev–Trinajstić information content (AvgIpc) is 2.89. The van der Waals surface area contributed by atoms with Gasteiger partial charge in [-0.15, -0.1) is 12.8 Å². The van der Waals surface area contributed by atoms with E-state index in [-0.39, 0.29) is 39.6 Å². The molecule has 0 saturated heterocycles. The van der Waals surface area contributed by atoms with Crippen LogP contribution in [0.1, 0.15) is 0 Å². The second kappa shape index (κ2) is 41.3. The minimum absolute atomic E-state index is 0.0417. The third-order valence-corrected chi connectivity index (χ3v) is 3.16. The van der Waals surface area contributed by atoms with E-state index in [1.807, 2.05) is 0 Å². The molecule has 0 aromatic carbocycles. The molecule has 4 N–H and O–H groups in total. The number of rotatable bonds is 25. The minimum Gasteiger partial charge on any atom is -0.480 e. The molecule has 13 nitrogen and oxygen atoms in total. The highest BCUT2D eigenvalue weighted by molar-refractivity contribution is 5.67. The van der Waals surface area contributed by atoms with Gasteiger partial charge in [0.05, 0.1) is 106 Å². The van der Waals surface area contributed by atoms with E-state index in [1.165, 1.54) is 0 Å². The van der Waals surface area contributed by atoms with E-state index in [0.717, 1.165) is 0 Å². The van der Waals surface area contributed by atoms with E-state index in [9.17, 15) is 4.79 Å². The van der Waals surface area contributed by atoms with Crippen molar-refractivity contribution in [1.82, 2.24) is 0 Å². The zero-order valence-electron chi connectivity index (χ0n) is 21.6. The molecule has 0 heterocycles. The van der Waals surface area contributed by atoms with Crippen LogP contribution < -0.4 is 0 Å². The van der Waals surface area contributed by atoms with Crippen LogP contribution in [0.15, 0.2) is 0 Å². The summed E-state index contributed by atoms with van der Waals surface area (Å²) in [4.78, 5) is 10.0. The maximum atomic E-state index is 10.0. The number of aliphatic hydroxyl groups is 3. The summed E-state index contributed by atoms with van der Waals surface area (Å²) in [6, 6.07) is 0. The van der Waals surface area contributed by atoms with E-state index in [2.05, 4.69) is 11.8 Å². The fourth-order valence-electron chi connectivity index (χ4n) is 1.71. The van der Waals surface area contributed by atoms with Gasteiger partial charge < -0.3 is 58.3 Å². The zero-order valence-corrected chi connectivity index (χ0v) is 21.6. The average molecular weight is 541 g/mol. The Hall–Kier alpha value is -1.85. The molecule has 0 atom stereocenters. The van der Waals surface area contributed by atoms with Crippen molar-refractivity contribution in [3.63, 3.8) is 0 Å². The molecule has 0 fully saturated rings. The number of aliphatic hydroxyl groups excluding tert-OH is 3. The Labute approximate surface area is 219 Å². The molecular weight excluding hydrogens is 496 g/mol. The SMILES string of the molecule is C#CCOCCOCCOCC(=O)O.C#CCOCCOCCOCCO.OCCOCCOCCO. The summed E-state index contributed by atoms with van der Waals surface area (Å²) in [5, 5.41) is 33.1. The standard InChI is InChI=1S/C9H14O5.C9H16O4.C6H14O4/c1-2-3-12-4-5-13-6-7-14-8-9(10)11;1-2-4-11-6-8-13-9-7-12-5-3-10;7-1-3-9-5-6-10-4-2-8/h1H,3-8H2,(H,10,11);1,10H,3-9H2;7-8H,1-6H2. The smallest absolute Gasteiger partial charge is 0.329 e. The molecule has 218 valence electrons. The molecule has 0 spiro atoms. The summed E-state index contributed by atoms with van der Waals surface area (Å²) in [6.07, 6.45) is 9.91. The number of aliphatic carboxylic acids is 1. The van der Waals surface area contributed by atoms with E-state index in [4.69, 9.17) is 71.2 Å². The van der Waals surface area contributed by atoms with Gasteiger partial charge in [-0.25, -0.2) is 4.79 Å². The van der Waals surface area contributed by atoms with Crippen molar-refractivity contribution < 1.29 is 63.1 Å². The Bertz CT molecular complexity index is 498. The zero-order chi connectivity index (χ0) is 28.1. The topological polar surface area (TPSA) is 172 Å². The van der Waals surface area contributed by atoms with Gasteiger partial charge in [-0.3, -0.25) is 0 Å². The number of ether oxygens (including phenoxy) is 8. The summed E-state index contributed by atoms with van der Waals surface area (Å²) >= 11 is 0. The molecule has 0 bridgehead atoms. The molecule has 0 radical (unpaired) electrons. The number of hydrogen-bond acceptors (Lipinski definition) is 12. The summed E-state index contributed by atoms with van der Waals surface area (Å²) in [5.41, 5.74) is 0. The number of terminal acetylenes is 2. The lowest BCUT2D eigenvalue weighted by Crippen LogP contribution is -2.13. The lowest BCUT2D eigenvalue weighted by molar-refractivity contribution is -0.142. The Morgan fingerprint density at radius 1 is 0.486 bits per heavy atom. The van der Waals surface area contributed by atoms with Crippen molar-refractivity contribution in [2.24, 2.45) is 0 Å². The van der Waals surface area contributed by atoms with Gasteiger partial charge in [-0.2, -0.15) is 0 Å². The number of carboxylic acids is 1. The maximum absolute atomic E-state index is 10.0. The van der Waals surface area contributed by atoms with E-state index in [1.54, 1.807) is 0 Å². The van der Waals surface area contributed by atoms with Crippen LogP contribution in [0.3, 0.4) is 0 Å². The molecule has 0 aromatic rings. The van der Waals surface area contributed by atoms with Crippen molar-refractivity contribution in [2.45, 2.75) is 0 Å². The van der Waals surface area contributed by atoms with Crippen LogP contribution in [-0.4, -0.2) is 152 Å². The largest absolute Gasteiger partial charge is 0.480 e. The Balaban J connectivity index is -0.000000476. The van der Waals surface area contributed by atoms with Crippen molar-refractivity contribution in [3.05, 3.63) is 0 Å². The summed E-state index contributed by atoms with van der Waals surface area (Å²) < 4.78 is 39.5. The summed E-state index contributed by atoms with van der Waals surface area (Å²) in [6.45, 7) is 5.95. The van der Waals surface area contributed by atoms with Gasteiger partial charge in [-0.1, -0.05) is 11.8 Å². The third-order valence-electron chi connectivity index (χ3n) is 3.16. The fourth-order valence-corrected chi connectivity index (χ4v) is 1.71. The second-order valence-electron chi connectivity index (χ2n) is 6.19. The molecule has 0 aliphatic carbocycles. The molecule has 0 rings (SSSR count). The van der Waals surface area contributed by atoms with Gasteiger partial charge in [0.1, 0.15) is 19.8 Å². The van der Waals surface area contributed by atoms with Crippen LogP contribution >= 0.6 is 0 Å². The first-order valence-corrected chi connectivity index (χ1v) is 11.6. The predicted molar refractivity (Wildman–Crippen MR) is 133 cm³/mol. The van der Waals surface area contributed by atoms with Gasteiger partial charge in [-0.05, 0) is 0 Å². The lowest BCUT2D eigenvalue weighted by Gasteiger charge is -2.04. The number of carboxylic acid groups (broad SMARTS) is 1.